The van der Waals surface area contributed by atoms with Gasteiger partial charge >= 0.3 is 0 Å². The van der Waals surface area contributed by atoms with E-state index in [1.807, 2.05) is 12.1 Å². The van der Waals surface area contributed by atoms with Crippen LogP contribution in [-0.2, 0) is 4.74 Å². The molecule has 0 saturated heterocycles. The average Bonchev–Trinajstić information content (AvgIpc) is 3.17. The fourth-order valence-corrected chi connectivity index (χ4v) is 2.12. The van der Waals surface area contributed by atoms with Crippen LogP contribution in [0.15, 0.2) is 29.3 Å². The van der Waals surface area contributed by atoms with Gasteiger partial charge in [-0.05, 0) is 18.1 Å². The van der Waals surface area contributed by atoms with Crippen LogP contribution in [0.5, 0.6) is 0 Å². The van der Waals surface area contributed by atoms with E-state index in [0.29, 0.717) is 13.2 Å². The van der Waals surface area contributed by atoms with Crippen LogP contribution in [0, 0.1) is 5.82 Å². The highest BCUT2D eigenvalue weighted by Crippen LogP contribution is 2.41. The summed E-state index contributed by atoms with van der Waals surface area (Å²) in [6.45, 7) is 1.33. The number of benzene rings is 1. The Bertz CT molecular complexity index is 456. The molecular formula is C14H21FIN3O. The number of halogens is 2. The molecule has 0 aliphatic heterocycles. The topological polar surface area (TPSA) is 45.7 Å². The van der Waals surface area contributed by atoms with Crippen LogP contribution in [0.3, 0.4) is 0 Å². The number of hydrogen-bond donors (Lipinski definition) is 2. The van der Waals surface area contributed by atoms with Gasteiger partial charge < -0.3 is 15.4 Å². The van der Waals surface area contributed by atoms with Crippen LogP contribution in [0.2, 0.25) is 0 Å². The Balaban J connectivity index is 0.00000200. The van der Waals surface area contributed by atoms with Crippen LogP contribution in [-0.4, -0.2) is 39.3 Å². The van der Waals surface area contributed by atoms with E-state index in [2.05, 4.69) is 15.6 Å². The van der Waals surface area contributed by atoms with Gasteiger partial charge in [-0.2, -0.15) is 0 Å². The molecule has 2 atom stereocenters. The maximum Gasteiger partial charge on any atom is 0.191 e. The van der Waals surface area contributed by atoms with E-state index in [4.69, 9.17) is 4.74 Å². The lowest BCUT2D eigenvalue weighted by Gasteiger charge is -2.11. The predicted molar refractivity (Wildman–Crippen MR) is 89.3 cm³/mol. The summed E-state index contributed by atoms with van der Waals surface area (Å²) < 4.78 is 18.6. The Morgan fingerprint density at radius 2 is 2.20 bits per heavy atom. The molecule has 20 heavy (non-hydrogen) atoms. The van der Waals surface area contributed by atoms with Crippen LogP contribution in [0.4, 0.5) is 4.39 Å². The minimum Gasteiger partial charge on any atom is -0.383 e. The SMILES string of the molecule is CN=C(NCCOC)NC1CC1c1ccccc1F.I. The Labute approximate surface area is 136 Å². The lowest BCUT2D eigenvalue weighted by atomic mass is 10.1. The highest BCUT2D eigenvalue weighted by Gasteiger charge is 2.40. The van der Waals surface area contributed by atoms with Crippen molar-refractivity contribution >= 4 is 29.9 Å². The third kappa shape index (κ3) is 4.59. The van der Waals surface area contributed by atoms with Crippen molar-refractivity contribution in [3.05, 3.63) is 35.6 Å². The van der Waals surface area contributed by atoms with Crippen molar-refractivity contribution in [1.82, 2.24) is 10.6 Å². The number of nitrogens with zero attached hydrogens (tertiary/aromatic N) is 1. The Kier molecular flexibility index (Phi) is 7.22. The van der Waals surface area contributed by atoms with E-state index in [-0.39, 0.29) is 41.8 Å². The number of methoxy groups -OCH3 is 1. The molecule has 0 radical (unpaired) electrons. The summed E-state index contributed by atoms with van der Waals surface area (Å²) in [5, 5.41) is 6.44. The molecule has 1 aliphatic carbocycles. The molecule has 4 nitrogen and oxygen atoms in total. The largest absolute Gasteiger partial charge is 0.383 e. The standard InChI is InChI=1S/C14H20FN3O.HI/c1-16-14(17-7-8-19-2)18-13-9-11(13)10-5-3-4-6-12(10)15;/h3-6,11,13H,7-9H2,1-2H3,(H2,16,17,18);1H. The Morgan fingerprint density at radius 1 is 1.45 bits per heavy atom. The summed E-state index contributed by atoms with van der Waals surface area (Å²) in [6, 6.07) is 7.21. The number of hydrogen-bond acceptors (Lipinski definition) is 2. The van der Waals surface area contributed by atoms with Crippen molar-refractivity contribution < 1.29 is 9.13 Å². The van der Waals surface area contributed by atoms with Gasteiger partial charge in [-0.25, -0.2) is 4.39 Å². The number of aliphatic imine (C=N–C) groups is 1. The van der Waals surface area contributed by atoms with Crippen molar-refractivity contribution in [3.8, 4) is 0 Å². The van der Waals surface area contributed by atoms with E-state index < -0.39 is 0 Å². The van der Waals surface area contributed by atoms with E-state index in [1.54, 1.807) is 20.2 Å². The van der Waals surface area contributed by atoms with Gasteiger partial charge in [-0.15, -0.1) is 24.0 Å². The van der Waals surface area contributed by atoms with Gasteiger partial charge in [0.15, 0.2) is 5.96 Å². The van der Waals surface area contributed by atoms with E-state index >= 15 is 0 Å². The van der Waals surface area contributed by atoms with E-state index in [1.165, 1.54) is 6.07 Å². The normalized spacial score (nSPS) is 21.1. The molecule has 0 bridgehead atoms. The van der Waals surface area contributed by atoms with Crippen molar-refractivity contribution in [3.63, 3.8) is 0 Å². The molecule has 0 amide bonds. The van der Waals surface area contributed by atoms with E-state index in [9.17, 15) is 4.39 Å². The molecule has 1 aromatic rings. The summed E-state index contributed by atoms with van der Waals surface area (Å²) in [5.74, 6) is 0.849. The zero-order chi connectivity index (χ0) is 13.7. The summed E-state index contributed by atoms with van der Waals surface area (Å²) in [5.41, 5.74) is 0.785. The lowest BCUT2D eigenvalue weighted by molar-refractivity contribution is 0.203. The first kappa shape index (κ1) is 17.2. The molecule has 1 fully saturated rings. The smallest absolute Gasteiger partial charge is 0.191 e. The second-order valence-electron chi connectivity index (χ2n) is 4.61. The molecule has 1 aliphatic rings. The van der Waals surface area contributed by atoms with Crippen molar-refractivity contribution in [2.45, 2.75) is 18.4 Å². The number of nitrogens with one attached hydrogen (secondary N) is 2. The lowest BCUT2D eigenvalue weighted by Crippen LogP contribution is -2.40. The number of guanidine groups is 1. The molecule has 2 unspecified atom stereocenters. The van der Waals surface area contributed by atoms with E-state index in [0.717, 1.165) is 17.9 Å². The van der Waals surface area contributed by atoms with Gasteiger partial charge in [0.05, 0.1) is 6.61 Å². The molecular weight excluding hydrogens is 372 g/mol. The Hall–Kier alpha value is -0.890. The van der Waals surface area contributed by atoms with Gasteiger partial charge in [0.1, 0.15) is 5.82 Å². The zero-order valence-corrected chi connectivity index (χ0v) is 14.1. The van der Waals surface area contributed by atoms with Crippen molar-refractivity contribution in [2.24, 2.45) is 4.99 Å². The minimum atomic E-state index is -0.126. The fraction of sp³-hybridized carbons (Fsp3) is 0.500. The molecule has 0 heterocycles. The minimum absolute atomic E-state index is 0. The quantitative estimate of drug-likeness (QED) is 0.349. The molecule has 0 spiro atoms. The second kappa shape index (κ2) is 8.41. The first-order valence-corrected chi connectivity index (χ1v) is 6.46. The molecule has 2 rings (SSSR count). The van der Waals surface area contributed by atoms with Gasteiger partial charge in [-0.3, -0.25) is 4.99 Å². The number of ether oxygens (including phenoxy) is 1. The maximum absolute atomic E-state index is 13.6. The summed E-state index contributed by atoms with van der Waals surface area (Å²) in [6.07, 6.45) is 0.936. The van der Waals surface area contributed by atoms with Crippen LogP contribution in [0.1, 0.15) is 17.9 Å². The maximum atomic E-state index is 13.6. The molecule has 112 valence electrons. The highest BCUT2D eigenvalue weighted by atomic mass is 127. The first-order valence-electron chi connectivity index (χ1n) is 6.46. The van der Waals surface area contributed by atoms with Gasteiger partial charge in [0.25, 0.3) is 0 Å². The van der Waals surface area contributed by atoms with Crippen molar-refractivity contribution in [2.75, 3.05) is 27.3 Å². The monoisotopic (exact) mass is 393 g/mol. The third-order valence-corrected chi connectivity index (χ3v) is 3.24. The van der Waals surface area contributed by atoms with Gasteiger partial charge in [0, 0.05) is 32.7 Å². The van der Waals surface area contributed by atoms with Crippen LogP contribution in [0.25, 0.3) is 0 Å². The summed E-state index contributed by atoms with van der Waals surface area (Å²) in [4.78, 5) is 4.14. The summed E-state index contributed by atoms with van der Waals surface area (Å²) in [7, 11) is 3.38. The third-order valence-electron chi connectivity index (χ3n) is 3.24. The molecule has 1 aromatic carbocycles. The van der Waals surface area contributed by atoms with Crippen LogP contribution < -0.4 is 10.6 Å². The summed E-state index contributed by atoms with van der Waals surface area (Å²) >= 11 is 0. The molecule has 1 saturated carbocycles. The Morgan fingerprint density at radius 3 is 2.85 bits per heavy atom. The average molecular weight is 393 g/mol. The van der Waals surface area contributed by atoms with Crippen LogP contribution >= 0.6 is 24.0 Å². The predicted octanol–water partition coefficient (Wildman–Crippen LogP) is 2.11. The highest BCUT2D eigenvalue weighted by molar-refractivity contribution is 14.0. The molecule has 2 N–H and O–H groups in total. The molecule has 0 aromatic heterocycles. The van der Waals surface area contributed by atoms with Gasteiger partial charge in [-0.1, -0.05) is 18.2 Å². The van der Waals surface area contributed by atoms with Crippen molar-refractivity contribution in [1.29, 1.82) is 0 Å². The number of rotatable bonds is 5. The molecule has 6 heteroatoms. The first-order chi connectivity index (χ1) is 9.26. The van der Waals surface area contributed by atoms with Gasteiger partial charge in [0.2, 0.25) is 0 Å². The fourth-order valence-electron chi connectivity index (χ4n) is 2.12. The second-order valence-corrected chi connectivity index (χ2v) is 4.61. The zero-order valence-electron chi connectivity index (χ0n) is 11.7.